The minimum absolute atomic E-state index is 0.151. The third-order valence-corrected chi connectivity index (χ3v) is 8.91. The first-order chi connectivity index (χ1) is 20.2. The van der Waals surface area contributed by atoms with Gasteiger partial charge in [0.25, 0.3) is 0 Å². The van der Waals surface area contributed by atoms with E-state index in [9.17, 15) is 9.90 Å². The van der Waals surface area contributed by atoms with Crippen LogP contribution in [0, 0.1) is 6.92 Å². The zero-order valence-corrected chi connectivity index (χ0v) is 25.1. The van der Waals surface area contributed by atoms with Crippen LogP contribution >= 0.6 is 11.6 Å². The van der Waals surface area contributed by atoms with Gasteiger partial charge in [-0.05, 0) is 107 Å². The number of likely N-dealkylation sites (tertiary alicyclic amines) is 1. The standard InChI is InChI=1S/C33H37ClN4O4/c1-21-26(5-4-6-29(21)42-33(2,3)30-10-8-24(34)18-35-30)22-11-14-37(15-12-22)20-31-36-27-9-7-23(32(39)40)17-28(27)38(31)19-25-13-16-41-25/h4-10,17-18,22,25H,11-16,19-20H2,1-3H3,(H,39,40)/t25-/m0/s1. The molecule has 4 heterocycles. The van der Waals surface area contributed by atoms with Crippen LogP contribution in [-0.2, 0) is 23.4 Å². The summed E-state index contributed by atoms with van der Waals surface area (Å²) in [5, 5.41) is 10.1. The topological polar surface area (TPSA) is 89.7 Å². The van der Waals surface area contributed by atoms with Gasteiger partial charge < -0.3 is 19.1 Å². The first-order valence-corrected chi connectivity index (χ1v) is 15.0. The number of carbonyl (C=O) groups is 1. The van der Waals surface area contributed by atoms with Crippen molar-refractivity contribution in [1.82, 2.24) is 19.4 Å². The molecule has 42 heavy (non-hydrogen) atoms. The van der Waals surface area contributed by atoms with Crippen molar-refractivity contribution in [2.24, 2.45) is 0 Å². The van der Waals surface area contributed by atoms with Crippen LogP contribution in [0.5, 0.6) is 5.75 Å². The molecule has 1 N–H and O–H groups in total. The van der Waals surface area contributed by atoms with Gasteiger partial charge in [-0.2, -0.15) is 0 Å². The number of aromatic nitrogens is 3. The molecule has 220 valence electrons. The van der Waals surface area contributed by atoms with Crippen LogP contribution in [0.25, 0.3) is 11.0 Å². The molecule has 6 rings (SSSR count). The Labute approximate surface area is 251 Å². The van der Waals surface area contributed by atoms with Gasteiger partial charge in [-0.15, -0.1) is 0 Å². The summed E-state index contributed by atoms with van der Waals surface area (Å²) in [7, 11) is 0. The second kappa shape index (κ2) is 11.7. The molecule has 2 aliphatic heterocycles. The molecule has 0 saturated carbocycles. The van der Waals surface area contributed by atoms with Crippen molar-refractivity contribution in [3.63, 3.8) is 0 Å². The SMILES string of the molecule is Cc1c(OC(C)(C)c2ccc(Cl)cn2)cccc1C1CCN(Cc2nc3ccc(C(=O)O)cc3n2C[C@@H]2CCO2)CC1. The third-order valence-electron chi connectivity index (χ3n) is 8.68. The highest BCUT2D eigenvalue weighted by atomic mass is 35.5. The zero-order valence-electron chi connectivity index (χ0n) is 24.3. The number of halogens is 1. The van der Waals surface area contributed by atoms with Crippen molar-refractivity contribution in [3.05, 3.63) is 88.0 Å². The maximum atomic E-state index is 11.6. The number of rotatable bonds is 9. The van der Waals surface area contributed by atoms with Gasteiger partial charge in [-0.25, -0.2) is 9.78 Å². The summed E-state index contributed by atoms with van der Waals surface area (Å²) in [6, 6.07) is 15.3. The fourth-order valence-corrected chi connectivity index (χ4v) is 6.22. The number of hydrogen-bond acceptors (Lipinski definition) is 6. The van der Waals surface area contributed by atoms with Gasteiger partial charge in [0.2, 0.25) is 0 Å². The van der Waals surface area contributed by atoms with Crippen LogP contribution in [-0.4, -0.2) is 56.3 Å². The van der Waals surface area contributed by atoms with E-state index in [2.05, 4.69) is 33.5 Å². The Morgan fingerprint density at radius 2 is 1.93 bits per heavy atom. The fourth-order valence-electron chi connectivity index (χ4n) is 6.11. The van der Waals surface area contributed by atoms with Gasteiger partial charge in [0.15, 0.2) is 0 Å². The summed E-state index contributed by atoms with van der Waals surface area (Å²) in [6.07, 6.45) is 4.91. The number of carboxylic acids is 1. The second-order valence-electron chi connectivity index (χ2n) is 11.9. The molecule has 2 aromatic carbocycles. The van der Waals surface area contributed by atoms with E-state index in [0.29, 0.717) is 17.5 Å². The minimum atomic E-state index is -0.928. The molecule has 2 fully saturated rings. The maximum Gasteiger partial charge on any atom is 0.335 e. The van der Waals surface area contributed by atoms with Gasteiger partial charge >= 0.3 is 5.97 Å². The second-order valence-corrected chi connectivity index (χ2v) is 12.4. The zero-order chi connectivity index (χ0) is 29.4. The van der Waals surface area contributed by atoms with Crippen LogP contribution in [0.4, 0.5) is 0 Å². The van der Waals surface area contributed by atoms with Gasteiger partial charge in [-0.3, -0.25) is 9.88 Å². The first-order valence-electron chi connectivity index (χ1n) is 14.6. The largest absolute Gasteiger partial charge is 0.481 e. The average molecular weight is 589 g/mol. The van der Waals surface area contributed by atoms with E-state index in [4.69, 9.17) is 26.1 Å². The van der Waals surface area contributed by atoms with Crippen molar-refractivity contribution in [2.75, 3.05) is 19.7 Å². The van der Waals surface area contributed by atoms with Crippen LogP contribution in [0.1, 0.15) is 72.0 Å². The lowest BCUT2D eigenvalue weighted by Gasteiger charge is -2.34. The number of imidazole rings is 1. The molecule has 0 amide bonds. The maximum absolute atomic E-state index is 11.6. The number of pyridine rings is 1. The molecule has 0 radical (unpaired) electrons. The highest BCUT2D eigenvalue weighted by Crippen LogP contribution is 2.37. The number of fused-ring (bicyclic) bond motifs is 1. The van der Waals surface area contributed by atoms with Gasteiger partial charge in [0, 0.05) is 12.8 Å². The predicted octanol–water partition coefficient (Wildman–Crippen LogP) is 6.57. The lowest BCUT2D eigenvalue weighted by atomic mass is 9.86. The minimum Gasteiger partial charge on any atom is -0.481 e. The van der Waals surface area contributed by atoms with Gasteiger partial charge in [0.1, 0.15) is 17.2 Å². The molecule has 0 aliphatic carbocycles. The Morgan fingerprint density at radius 1 is 1.14 bits per heavy atom. The molecule has 9 heteroatoms. The average Bonchev–Trinajstić information content (AvgIpc) is 3.28. The lowest BCUT2D eigenvalue weighted by molar-refractivity contribution is -0.0592. The van der Waals surface area contributed by atoms with E-state index in [1.165, 1.54) is 11.1 Å². The number of carboxylic acid groups (broad SMARTS) is 1. The van der Waals surface area contributed by atoms with Crippen LogP contribution in [0.2, 0.25) is 5.02 Å². The van der Waals surface area contributed by atoms with Crippen molar-refractivity contribution in [3.8, 4) is 5.75 Å². The molecule has 0 spiro atoms. The van der Waals surface area contributed by atoms with E-state index in [1.54, 1.807) is 18.3 Å². The lowest BCUT2D eigenvalue weighted by Crippen LogP contribution is -2.35. The summed E-state index contributed by atoms with van der Waals surface area (Å²) >= 11 is 6.04. The van der Waals surface area contributed by atoms with Crippen LogP contribution in [0.3, 0.4) is 0 Å². The number of aromatic carboxylic acids is 1. The molecular formula is C33H37ClN4O4. The third kappa shape index (κ3) is 5.89. The molecule has 0 bridgehead atoms. The number of ether oxygens (including phenoxy) is 2. The summed E-state index contributed by atoms with van der Waals surface area (Å²) in [4.78, 5) is 23.5. The van der Waals surface area contributed by atoms with E-state index in [1.807, 2.05) is 38.1 Å². The van der Waals surface area contributed by atoms with Gasteiger partial charge in [0.05, 0.1) is 46.5 Å². The number of benzene rings is 2. The molecule has 2 aromatic heterocycles. The smallest absolute Gasteiger partial charge is 0.335 e. The fraction of sp³-hybridized carbons (Fsp3) is 0.424. The predicted molar refractivity (Wildman–Crippen MR) is 162 cm³/mol. The Hall–Kier alpha value is -3.46. The number of piperidine rings is 1. The Bertz CT molecular complexity index is 1590. The highest BCUT2D eigenvalue weighted by Gasteiger charge is 2.29. The van der Waals surface area contributed by atoms with Crippen molar-refractivity contribution < 1.29 is 19.4 Å². The molecule has 4 aromatic rings. The number of hydrogen-bond donors (Lipinski definition) is 1. The monoisotopic (exact) mass is 588 g/mol. The molecule has 1 atom stereocenters. The van der Waals surface area contributed by atoms with E-state index in [-0.39, 0.29) is 11.7 Å². The molecule has 2 aliphatic rings. The van der Waals surface area contributed by atoms with E-state index < -0.39 is 11.6 Å². The van der Waals surface area contributed by atoms with E-state index >= 15 is 0 Å². The van der Waals surface area contributed by atoms with Crippen LogP contribution in [0.15, 0.2) is 54.7 Å². The molecule has 2 saturated heterocycles. The number of nitrogens with zero attached hydrogens (tertiary/aromatic N) is 4. The molecular weight excluding hydrogens is 552 g/mol. The van der Waals surface area contributed by atoms with E-state index in [0.717, 1.165) is 73.8 Å². The summed E-state index contributed by atoms with van der Waals surface area (Å²) in [5.74, 6) is 1.36. The highest BCUT2D eigenvalue weighted by molar-refractivity contribution is 6.30. The Morgan fingerprint density at radius 3 is 2.60 bits per heavy atom. The molecule has 0 unspecified atom stereocenters. The van der Waals surface area contributed by atoms with Crippen molar-refractivity contribution in [1.29, 1.82) is 0 Å². The summed E-state index contributed by atoms with van der Waals surface area (Å²) in [5.41, 5.74) is 4.71. The normalized spacial score (nSPS) is 18.2. The Kier molecular flexibility index (Phi) is 7.96. The Balaban J connectivity index is 1.15. The van der Waals surface area contributed by atoms with Crippen LogP contribution < -0.4 is 4.74 Å². The first kappa shape index (κ1) is 28.6. The van der Waals surface area contributed by atoms with Crippen molar-refractivity contribution in [2.45, 2.75) is 70.7 Å². The quantitative estimate of drug-likeness (QED) is 0.236. The summed E-state index contributed by atoms with van der Waals surface area (Å²) < 4.78 is 14.4. The molecule has 8 nitrogen and oxygen atoms in total. The van der Waals surface area contributed by atoms with Crippen molar-refractivity contribution >= 4 is 28.6 Å². The summed E-state index contributed by atoms with van der Waals surface area (Å²) in [6.45, 7) is 10.3. The van der Waals surface area contributed by atoms with Gasteiger partial charge in [-0.1, -0.05) is 23.7 Å².